The normalized spacial score (nSPS) is 19.5. The van der Waals surface area contributed by atoms with Crippen LogP contribution >= 0.6 is 11.6 Å². The zero-order chi connectivity index (χ0) is 23.9. The molecule has 1 aliphatic carbocycles. The van der Waals surface area contributed by atoms with Crippen LogP contribution in [0.15, 0.2) is 36.0 Å². The zero-order valence-corrected chi connectivity index (χ0v) is 19.6. The maximum Gasteiger partial charge on any atom is 0.254 e. The minimum atomic E-state index is -0.382. The van der Waals surface area contributed by atoms with Crippen molar-refractivity contribution in [2.45, 2.75) is 25.3 Å². The second-order valence-corrected chi connectivity index (χ2v) is 9.30. The summed E-state index contributed by atoms with van der Waals surface area (Å²) in [5.41, 5.74) is 3.40. The average molecular weight is 494 g/mol. The van der Waals surface area contributed by atoms with Crippen LogP contribution in [0.4, 0.5) is 23.0 Å². The third-order valence-corrected chi connectivity index (χ3v) is 6.56. The third kappa shape index (κ3) is 4.54. The predicted molar refractivity (Wildman–Crippen MR) is 133 cm³/mol. The fourth-order valence-electron chi connectivity index (χ4n) is 4.26. The van der Waals surface area contributed by atoms with Crippen LogP contribution in [-0.2, 0) is 14.3 Å². The Kier molecular flexibility index (Phi) is 5.54. The molecule has 4 heterocycles. The molecule has 3 fully saturated rings. The smallest absolute Gasteiger partial charge is 0.254 e. The molecule has 0 spiro atoms. The largest absolute Gasteiger partial charge is 0.378 e. The SMILES string of the molecule is O=C1C/C(=C\c2cnn3c(NC4CC4)cc(Nc4ccc(N5CCOCC5)cc4Cl)nc23)C(=O)N1. The number of nitrogens with zero attached hydrogens (tertiary/aromatic N) is 4. The van der Waals surface area contributed by atoms with E-state index < -0.39 is 0 Å². The van der Waals surface area contributed by atoms with Gasteiger partial charge in [-0.15, -0.1) is 0 Å². The number of amides is 2. The van der Waals surface area contributed by atoms with Crippen molar-refractivity contribution in [2.75, 3.05) is 41.8 Å². The van der Waals surface area contributed by atoms with Crippen LogP contribution in [0.3, 0.4) is 0 Å². The number of morpholine rings is 1. The molecular formula is C24H24ClN7O3. The number of aromatic nitrogens is 3. The van der Waals surface area contributed by atoms with E-state index in [1.807, 2.05) is 24.3 Å². The van der Waals surface area contributed by atoms with Gasteiger partial charge in [-0.05, 0) is 37.1 Å². The maximum atomic E-state index is 12.1. The Morgan fingerprint density at radius 1 is 1.17 bits per heavy atom. The summed E-state index contributed by atoms with van der Waals surface area (Å²) in [6, 6.07) is 8.22. The number of carbonyl (C=O) groups excluding carboxylic acids is 2. The standard InChI is InChI=1S/C24H24ClN7O3/c25-18-11-17(31-5-7-35-8-6-31)3-4-19(18)28-20-12-21(27-16-1-2-16)32-23(29-20)15(13-26-32)9-14-10-22(33)30-24(14)34/h3-4,9,11-13,16,27H,1-2,5-8,10H2,(H,28,29)(H,30,33,34)/b14-9+. The number of halogens is 1. The lowest BCUT2D eigenvalue weighted by molar-refractivity contribution is -0.124. The van der Waals surface area contributed by atoms with Crippen molar-refractivity contribution in [1.82, 2.24) is 19.9 Å². The minimum absolute atomic E-state index is 0.0480. The Bertz CT molecular complexity index is 1360. The van der Waals surface area contributed by atoms with E-state index in [1.165, 1.54) is 0 Å². The van der Waals surface area contributed by atoms with Crippen molar-refractivity contribution >= 4 is 58.1 Å². The van der Waals surface area contributed by atoms with Crippen LogP contribution in [0.5, 0.6) is 0 Å². The molecule has 0 bridgehead atoms. The molecule has 1 saturated carbocycles. The average Bonchev–Trinajstić information content (AvgIpc) is 3.49. The van der Waals surface area contributed by atoms with Crippen molar-refractivity contribution in [3.05, 3.63) is 46.6 Å². The van der Waals surface area contributed by atoms with E-state index in [0.29, 0.717) is 46.9 Å². The summed E-state index contributed by atoms with van der Waals surface area (Å²) in [7, 11) is 0. The second-order valence-electron chi connectivity index (χ2n) is 8.89. The number of rotatable bonds is 6. The molecule has 2 aromatic heterocycles. The summed E-state index contributed by atoms with van der Waals surface area (Å²) in [5.74, 6) is 0.692. The van der Waals surface area contributed by atoms with Gasteiger partial charge < -0.3 is 20.3 Å². The molecule has 1 aromatic carbocycles. The summed E-state index contributed by atoms with van der Waals surface area (Å²) in [4.78, 5) is 30.7. The van der Waals surface area contributed by atoms with Crippen molar-refractivity contribution in [2.24, 2.45) is 0 Å². The highest BCUT2D eigenvalue weighted by Gasteiger charge is 2.26. The van der Waals surface area contributed by atoms with E-state index in [4.69, 9.17) is 21.3 Å². The maximum absolute atomic E-state index is 12.1. The number of fused-ring (bicyclic) bond motifs is 1. The highest BCUT2D eigenvalue weighted by atomic mass is 35.5. The first-order valence-electron chi connectivity index (χ1n) is 11.6. The number of anilines is 4. The summed E-state index contributed by atoms with van der Waals surface area (Å²) >= 11 is 6.64. The molecule has 11 heteroatoms. The molecule has 35 heavy (non-hydrogen) atoms. The molecular weight excluding hydrogens is 470 g/mol. The minimum Gasteiger partial charge on any atom is -0.378 e. The van der Waals surface area contributed by atoms with E-state index in [2.05, 4.69) is 25.9 Å². The van der Waals surface area contributed by atoms with E-state index >= 15 is 0 Å². The van der Waals surface area contributed by atoms with Gasteiger partial charge in [-0.3, -0.25) is 14.9 Å². The van der Waals surface area contributed by atoms with Gasteiger partial charge in [0.2, 0.25) is 5.91 Å². The number of nitrogens with one attached hydrogen (secondary N) is 3. The van der Waals surface area contributed by atoms with Gasteiger partial charge in [0.05, 0.1) is 36.5 Å². The molecule has 3 aliphatic rings. The van der Waals surface area contributed by atoms with Gasteiger partial charge in [-0.25, -0.2) is 4.98 Å². The molecule has 0 radical (unpaired) electrons. The van der Waals surface area contributed by atoms with E-state index in [9.17, 15) is 9.59 Å². The summed E-state index contributed by atoms with van der Waals surface area (Å²) in [6.45, 7) is 3.08. The number of carbonyl (C=O) groups is 2. The first kappa shape index (κ1) is 21.9. The molecule has 2 aliphatic heterocycles. The number of benzene rings is 1. The molecule has 10 nitrogen and oxygen atoms in total. The van der Waals surface area contributed by atoms with Gasteiger partial charge in [-0.2, -0.15) is 9.61 Å². The van der Waals surface area contributed by atoms with E-state index in [-0.39, 0.29) is 18.2 Å². The van der Waals surface area contributed by atoms with Gasteiger partial charge >= 0.3 is 0 Å². The number of imide groups is 1. The molecule has 2 amide bonds. The van der Waals surface area contributed by atoms with Crippen molar-refractivity contribution in [3.8, 4) is 0 Å². The lowest BCUT2D eigenvalue weighted by Gasteiger charge is -2.29. The fourth-order valence-corrected chi connectivity index (χ4v) is 4.48. The van der Waals surface area contributed by atoms with Crippen LogP contribution in [0.25, 0.3) is 11.7 Å². The van der Waals surface area contributed by atoms with Crippen LogP contribution in [0.1, 0.15) is 24.8 Å². The quantitative estimate of drug-likeness (QED) is 0.355. The lowest BCUT2D eigenvalue weighted by Crippen LogP contribution is -2.36. The van der Waals surface area contributed by atoms with Gasteiger partial charge in [0.15, 0.2) is 5.65 Å². The molecule has 180 valence electrons. The fraction of sp³-hybridized carbons (Fsp3) is 0.333. The summed E-state index contributed by atoms with van der Waals surface area (Å²) in [6.07, 6.45) is 5.57. The van der Waals surface area contributed by atoms with Gasteiger partial charge in [0, 0.05) is 42.0 Å². The molecule has 3 N–H and O–H groups in total. The monoisotopic (exact) mass is 493 g/mol. The number of hydrogen-bond donors (Lipinski definition) is 3. The van der Waals surface area contributed by atoms with Gasteiger partial charge in [0.1, 0.15) is 11.6 Å². The van der Waals surface area contributed by atoms with Crippen molar-refractivity contribution < 1.29 is 14.3 Å². The highest BCUT2D eigenvalue weighted by Crippen LogP contribution is 2.32. The molecule has 3 aromatic rings. The third-order valence-electron chi connectivity index (χ3n) is 6.25. The zero-order valence-electron chi connectivity index (χ0n) is 18.9. The van der Waals surface area contributed by atoms with Crippen LogP contribution in [0.2, 0.25) is 5.02 Å². The predicted octanol–water partition coefficient (Wildman–Crippen LogP) is 2.97. The Labute approximate surface area is 206 Å². The first-order chi connectivity index (χ1) is 17.0. The number of hydrogen-bond acceptors (Lipinski definition) is 8. The van der Waals surface area contributed by atoms with Crippen LogP contribution in [0, 0.1) is 0 Å². The lowest BCUT2D eigenvalue weighted by atomic mass is 10.1. The molecule has 6 rings (SSSR count). The summed E-state index contributed by atoms with van der Waals surface area (Å²) < 4.78 is 7.15. The van der Waals surface area contributed by atoms with Crippen LogP contribution < -0.4 is 20.9 Å². The second kappa shape index (κ2) is 8.86. The van der Waals surface area contributed by atoms with Crippen LogP contribution in [-0.4, -0.2) is 58.8 Å². The Balaban J connectivity index is 1.34. The Morgan fingerprint density at radius 2 is 2.00 bits per heavy atom. The van der Waals surface area contributed by atoms with Gasteiger partial charge in [0.25, 0.3) is 5.91 Å². The van der Waals surface area contributed by atoms with Crippen molar-refractivity contribution in [1.29, 1.82) is 0 Å². The first-order valence-corrected chi connectivity index (χ1v) is 12.0. The van der Waals surface area contributed by atoms with E-state index in [0.717, 1.165) is 43.1 Å². The molecule has 0 unspecified atom stereocenters. The van der Waals surface area contributed by atoms with Crippen molar-refractivity contribution in [3.63, 3.8) is 0 Å². The Morgan fingerprint density at radius 3 is 2.71 bits per heavy atom. The highest BCUT2D eigenvalue weighted by molar-refractivity contribution is 6.33. The summed E-state index contributed by atoms with van der Waals surface area (Å²) in [5, 5.41) is 14.2. The van der Waals surface area contributed by atoms with E-state index in [1.54, 1.807) is 16.8 Å². The Hall–Kier alpha value is -3.63. The molecule has 2 saturated heterocycles. The number of ether oxygens (including phenoxy) is 1. The topological polar surface area (TPSA) is 113 Å². The molecule has 0 atom stereocenters. The van der Waals surface area contributed by atoms with Gasteiger partial charge in [-0.1, -0.05) is 11.6 Å².